The van der Waals surface area contributed by atoms with Crippen LogP contribution in [0.2, 0.25) is 0 Å². The van der Waals surface area contributed by atoms with Gasteiger partial charge in [-0.05, 0) is 66.4 Å². The van der Waals surface area contributed by atoms with E-state index in [0.29, 0.717) is 41.8 Å². The molecule has 1 aromatic carbocycles. The maximum Gasteiger partial charge on any atom is 0.224 e. The van der Waals surface area contributed by atoms with Crippen molar-refractivity contribution in [3.05, 3.63) is 47.2 Å². The zero-order valence-electron chi connectivity index (χ0n) is 17.7. The average molecular weight is 419 g/mol. The molecule has 4 fully saturated rings. The molecular formula is C24H30N6O. The molecule has 162 valence electrons. The Morgan fingerprint density at radius 2 is 1.87 bits per heavy atom. The minimum Gasteiger partial charge on any atom is -0.392 e. The molecule has 4 aliphatic carbocycles. The number of aliphatic hydroxyl groups is 1. The molecule has 2 aromatic rings. The number of aliphatic hydroxyl groups excluding tert-OH is 1. The van der Waals surface area contributed by atoms with Crippen molar-refractivity contribution in [3.8, 4) is 6.07 Å². The smallest absolute Gasteiger partial charge is 0.224 e. The summed E-state index contributed by atoms with van der Waals surface area (Å²) >= 11 is 0. The van der Waals surface area contributed by atoms with Gasteiger partial charge in [0.15, 0.2) is 0 Å². The van der Waals surface area contributed by atoms with Gasteiger partial charge in [0.1, 0.15) is 17.5 Å². The number of hydrogen-bond acceptors (Lipinski definition) is 7. The normalized spacial score (nSPS) is 30.7. The zero-order chi connectivity index (χ0) is 21.4. The maximum absolute atomic E-state index is 9.55. The highest BCUT2D eigenvalue weighted by atomic mass is 16.3. The molecule has 0 saturated heterocycles. The molecule has 4 aliphatic rings. The molecule has 4 bridgehead atoms. The summed E-state index contributed by atoms with van der Waals surface area (Å²) in [6.45, 7) is 1.34. The number of benzene rings is 1. The van der Waals surface area contributed by atoms with Gasteiger partial charge >= 0.3 is 0 Å². The fraction of sp³-hybridized carbons (Fsp3) is 0.542. The lowest BCUT2D eigenvalue weighted by Gasteiger charge is -2.59. The van der Waals surface area contributed by atoms with Crippen LogP contribution < -0.4 is 16.4 Å². The van der Waals surface area contributed by atoms with Crippen LogP contribution in [0.5, 0.6) is 0 Å². The molecule has 1 aromatic heterocycles. The van der Waals surface area contributed by atoms with E-state index in [1.807, 2.05) is 24.3 Å². The van der Waals surface area contributed by atoms with Gasteiger partial charge in [0.2, 0.25) is 5.95 Å². The predicted octanol–water partition coefficient (Wildman–Crippen LogP) is 3.02. The van der Waals surface area contributed by atoms with Crippen molar-refractivity contribution in [1.82, 2.24) is 9.97 Å². The van der Waals surface area contributed by atoms with E-state index in [4.69, 9.17) is 5.73 Å². The predicted molar refractivity (Wildman–Crippen MR) is 119 cm³/mol. The van der Waals surface area contributed by atoms with Gasteiger partial charge in [0, 0.05) is 19.1 Å². The summed E-state index contributed by atoms with van der Waals surface area (Å²) in [6, 6.07) is 10.3. The summed E-state index contributed by atoms with van der Waals surface area (Å²) in [5, 5.41) is 25.8. The lowest BCUT2D eigenvalue weighted by atomic mass is 9.48. The van der Waals surface area contributed by atoms with E-state index >= 15 is 0 Å². The lowest BCUT2D eigenvalue weighted by molar-refractivity contribution is -0.0591. The Bertz CT molecular complexity index is 986. The summed E-state index contributed by atoms with van der Waals surface area (Å²) in [4.78, 5) is 8.90. The van der Waals surface area contributed by atoms with Crippen molar-refractivity contribution in [2.75, 3.05) is 17.2 Å². The van der Waals surface area contributed by atoms with E-state index in [-0.39, 0.29) is 12.0 Å². The fourth-order valence-electron chi connectivity index (χ4n) is 6.46. The number of nitriles is 1. The Morgan fingerprint density at radius 3 is 2.58 bits per heavy atom. The van der Waals surface area contributed by atoms with Crippen LogP contribution in [0.15, 0.2) is 30.5 Å². The van der Waals surface area contributed by atoms with Gasteiger partial charge in [-0.3, -0.25) is 0 Å². The second-order valence-electron chi connectivity index (χ2n) is 9.75. The highest BCUT2D eigenvalue weighted by molar-refractivity contribution is 5.53. The van der Waals surface area contributed by atoms with E-state index in [0.717, 1.165) is 23.6 Å². The highest BCUT2D eigenvalue weighted by Crippen LogP contribution is 2.59. The Labute approximate surface area is 183 Å². The van der Waals surface area contributed by atoms with E-state index in [9.17, 15) is 10.4 Å². The summed E-state index contributed by atoms with van der Waals surface area (Å²) in [5.74, 6) is 3.18. The third-order valence-electron chi connectivity index (χ3n) is 7.74. The molecule has 7 nitrogen and oxygen atoms in total. The standard InChI is InChI=1S/C24H30N6O/c25-10-20-12-28-23(27-11-16-3-1-2-4-17(16)13-31)30-22(20)29-14-24-7-15-5-18(8-24)21(26)19(6-15)9-24/h1-4,12,15,18-19,21,31H,5-9,11,13-14,26H2,(H2,27,28,29,30)/t15?,18-,19+,21-,24+. The molecule has 0 spiro atoms. The zero-order valence-corrected chi connectivity index (χ0v) is 17.7. The van der Waals surface area contributed by atoms with Crippen molar-refractivity contribution >= 4 is 11.8 Å². The minimum atomic E-state index is -0.00634. The summed E-state index contributed by atoms with van der Waals surface area (Å²) in [5.41, 5.74) is 9.10. The van der Waals surface area contributed by atoms with Crippen LogP contribution in [0.1, 0.15) is 48.8 Å². The summed E-state index contributed by atoms with van der Waals surface area (Å²) < 4.78 is 0. The number of nitrogens with two attached hydrogens (primary N) is 1. The molecule has 0 aliphatic heterocycles. The molecule has 7 heteroatoms. The third kappa shape index (κ3) is 3.86. The summed E-state index contributed by atoms with van der Waals surface area (Å²) in [6.07, 6.45) is 7.79. The Hall–Kier alpha value is -2.69. The van der Waals surface area contributed by atoms with Crippen LogP contribution in [0, 0.1) is 34.5 Å². The molecule has 5 N–H and O–H groups in total. The number of anilines is 2. The van der Waals surface area contributed by atoms with Crippen LogP contribution in [0.25, 0.3) is 0 Å². The monoisotopic (exact) mass is 418 g/mol. The van der Waals surface area contributed by atoms with Crippen molar-refractivity contribution in [1.29, 1.82) is 5.26 Å². The molecule has 1 heterocycles. The van der Waals surface area contributed by atoms with Crippen LogP contribution in [-0.4, -0.2) is 27.7 Å². The Morgan fingerprint density at radius 1 is 1.13 bits per heavy atom. The second kappa shape index (κ2) is 8.10. The first kappa shape index (κ1) is 20.2. The molecule has 4 saturated carbocycles. The van der Waals surface area contributed by atoms with Gasteiger partial charge in [-0.25, -0.2) is 4.98 Å². The van der Waals surface area contributed by atoms with Crippen LogP contribution in [-0.2, 0) is 13.2 Å². The van der Waals surface area contributed by atoms with Gasteiger partial charge in [-0.2, -0.15) is 10.2 Å². The highest BCUT2D eigenvalue weighted by Gasteiger charge is 2.54. The van der Waals surface area contributed by atoms with E-state index < -0.39 is 0 Å². The number of rotatable bonds is 7. The molecule has 0 amide bonds. The number of nitrogens with one attached hydrogen (secondary N) is 2. The molecule has 5 atom stereocenters. The van der Waals surface area contributed by atoms with Gasteiger partial charge in [0.25, 0.3) is 0 Å². The molecular weight excluding hydrogens is 388 g/mol. The summed E-state index contributed by atoms with van der Waals surface area (Å²) in [7, 11) is 0. The van der Waals surface area contributed by atoms with Crippen LogP contribution >= 0.6 is 0 Å². The third-order valence-corrected chi connectivity index (χ3v) is 7.74. The van der Waals surface area contributed by atoms with Crippen molar-refractivity contribution < 1.29 is 5.11 Å². The van der Waals surface area contributed by atoms with Crippen molar-refractivity contribution in [2.24, 2.45) is 28.9 Å². The average Bonchev–Trinajstić information content (AvgIpc) is 2.79. The van der Waals surface area contributed by atoms with Gasteiger partial charge in [-0.15, -0.1) is 0 Å². The molecule has 1 unspecified atom stereocenters. The van der Waals surface area contributed by atoms with Gasteiger partial charge in [0.05, 0.1) is 12.8 Å². The van der Waals surface area contributed by atoms with Gasteiger partial charge < -0.3 is 21.5 Å². The van der Waals surface area contributed by atoms with Crippen LogP contribution in [0.4, 0.5) is 11.8 Å². The minimum absolute atomic E-state index is 0.00634. The van der Waals surface area contributed by atoms with E-state index in [1.54, 1.807) is 6.20 Å². The number of hydrogen-bond donors (Lipinski definition) is 4. The van der Waals surface area contributed by atoms with Crippen LogP contribution in [0.3, 0.4) is 0 Å². The first-order chi connectivity index (χ1) is 15.1. The maximum atomic E-state index is 9.55. The SMILES string of the molecule is N#Cc1cnc(NCc2ccccc2CO)nc1NC[C@@]12CC3C[C@H](C1)[C@@H](N)[C@@H](C3)C2. The first-order valence-electron chi connectivity index (χ1n) is 11.3. The molecule has 31 heavy (non-hydrogen) atoms. The van der Waals surface area contributed by atoms with E-state index in [2.05, 4.69) is 26.7 Å². The van der Waals surface area contributed by atoms with Crippen molar-refractivity contribution in [3.63, 3.8) is 0 Å². The number of aromatic nitrogens is 2. The first-order valence-corrected chi connectivity index (χ1v) is 11.3. The number of nitrogens with zero attached hydrogens (tertiary/aromatic N) is 3. The van der Waals surface area contributed by atoms with E-state index in [1.165, 1.54) is 32.1 Å². The van der Waals surface area contributed by atoms with Gasteiger partial charge in [-0.1, -0.05) is 24.3 Å². The molecule has 6 rings (SSSR count). The molecule has 0 radical (unpaired) electrons. The fourth-order valence-corrected chi connectivity index (χ4v) is 6.46. The largest absolute Gasteiger partial charge is 0.392 e. The Balaban J connectivity index is 1.29. The quantitative estimate of drug-likeness (QED) is 0.545. The topological polar surface area (TPSA) is 120 Å². The second-order valence-corrected chi connectivity index (χ2v) is 9.75. The lowest BCUT2D eigenvalue weighted by Crippen LogP contribution is -2.58. The van der Waals surface area contributed by atoms with Crippen molar-refractivity contribution in [2.45, 2.75) is 51.3 Å². The Kier molecular flexibility index (Phi) is 5.28.